The van der Waals surface area contributed by atoms with Crippen LogP contribution < -0.4 is 5.32 Å². The Morgan fingerprint density at radius 3 is 2.80 bits per heavy atom. The standard InChI is InChI=1S/C13H18N4O2S/c1-8-12(20-9(2)15-8)13(18)16-10(7-19-4)11-5-6-14-17(11)3/h5-6,10H,7H2,1-4H3,(H,16,18)/t10-/m1/s1. The van der Waals surface area contributed by atoms with E-state index >= 15 is 0 Å². The third-order valence-electron chi connectivity index (χ3n) is 2.96. The minimum absolute atomic E-state index is 0.128. The summed E-state index contributed by atoms with van der Waals surface area (Å²) in [7, 11) is 3.45. The Hall–Kier alpha value is -1.73. The monoisotopic (exact) mass is 294 g/mol. The molecule has 0 spiro atoms. The first-order valence-corrected chi connectivity index (χ1v) is 7.06. The van der Waals surface area contributed by atoms with Crippen molar-refractivity contribution in [3.05, 3.63) is 33.5 Å². The number of nitrogens with one attached hydrogen (secondary N) is 1. The number of hydrogen-bond acceptors (Lipinski definition) is 5. The maximum atomic E-state index is 12.3. The van der Waals surface area contributed by atoms with Gasteiger partial charge in [0.15, 0.2) is 0 Å². The van der Waals surface area contributed by atoms with E-state index in [2.05, 4.69) is 15.4 Å². The number of thiazole rings is 1. The van der Waals surface area contributed by atoms with Crippen molar-refractivity contribution in [3.63, 3.8) is 0 Å². The van der Waals surface area contributed by atoms with Crippen LogP contribution in [-0.4, -0.2) is 34.4 Å². The lowest BCUT2D eigenvalue weighted by Gasteiger charge is -2.17. The predicted octanol–water partition coefficient (Wildman–Crippen LogP) is 1.61. The van der Waals surface area contributed by atoms with Gasteiger partial charge in [-0.3, -0.25) is 9.48 Å². The lowest BCUT2D eigenvalue weighted by atomic mass is 10.2. The van der Waals surface area contributed by atoms with Crippen LogP contribution in [0.2, 0.25) is 0 Å². The Labute approximate surface area is 121 Å². The molecule has 2 aromatic heterocycles. The molecule has 0 unspecified atom stereocenters. The molecule has 1 amide bonds. The average Bonchev–Trinajstić information content (AvgIpc) is 2.94. The van der Waals surface area contributed by atoms with Crippen LogP contribution in [0.15, 0.2) is 12.3 Å². The topological polar surface area (TPSA) is 69.0 Å². The van der Waals surface area contributed by atoms with E-state index in [0.717, 1.165) is 16.4 Å². The van der Waals surface area contributed by atoms with Crippen LogP contribution in [0.1, 0.15) is 32.1 Å². The molecule has 0 fully saturated rings. The second-order valence-electron chi connectivity index (χ2n) is 4.51. The van der Waals surface area contributed by atoms with E-state index in [1.54, 1.807) is 18.0 Å². The second kappa shape index (κ2) is 6.15. The summed E-state index contributed by atoms with van der Waals surface area (Å²) in [5, 5.41) is 7.98. The van der Waals surface area contributed by atoms with Crippen molar-refractivity contribution in [2.75, 3.05) is 13.7 Å². The van der Waals surface area contributed by atoms with E-state index in [0.29, 0.717) is 11.5 Å². The Morgan fingerprint density at radius 1 is 1.55 bits per heavy atom. The molecule has 2 heterocycles. The molecule has 1 atom stereocenters. The molecule has 0 radical (unpaired) electrons. The molecular formula is C13H18N4O2S. The van der Waals surface area contributed by atoms with Gasteiger partial charge in [0.1, 0.15) is 4.88 Å². The molecule has 0 aliphatic rings. The molecule has 7 heteroatoms. The number of aromatic nitrogens is 3. The smallest absolute Gasteiger partial charge is 0.263 e. The van der Waals surface area contributed by atoms with Gasteiger partial charge >= 0.3 is 0 Å². The number of hydrogen-bond donors (Lipinski definition) is 1. The zero-order valence-electron chi connectivity index (χ0n) is 12.0. The lowest BCUT2D eigenvalue weighted by Crippen LogP contribution is -2.32. The molecule has 0 aliphatic heterocycles. The molecule has 0 saturated carbocycles. The van der Waals surface area contributed by atoms with E-state index < -0.39 is 0 Å². The maximum absolute atomic E-state index is 12.3. The highest BCUT2D eigenvalue weighted by Gasteiger charge is 2.21. The molecular weight excluding hydrogens is 276 g/mol. The highest BCUT2D eigenvalue weighted by atomic mass is 32.1. The molecule has 2 rings (SSSR count). The first-order valence-electron chi connectivity index (χ1n) is 6.24. The largest absolute Gasteiger partial charge is 0.382 e. The van der Waals surface area contributed by atoms with E-state index in [4.69, 9.17) is 4.74 Å². The lowest BCUT2D eigenvalue weighted by molar-refractivity contribution is 0.0895. The van der Waals surface area contributed by atoms with E-state index in [9.17, 15) is 4.79 Å². The highest BCUT2D eigenvalue weighted by molar-refractivity contribution is 7.13. The van der Waals surface area contributed by atoms with Crippen molar-refractivity contribution in [2.24, 2.45) is 7.05 Å². The van der Waals surface area contributed by atoms with Gasteiger partial charge in [-0.15, -0.1) is 11.3 Å². The van der Waals surface area contributed by atoms with Crippen LogP contribution in [0.25, 0.3) is 0 Å². The Balaban J connectivity index is 2.18. The van der Waals surface area contributed by atoms with E-state index in [1.807, 2.05) is 27.0 Å². The van der Waals surface area contributed by atoms with E-state index in [1.165, 1.54) is 11.3 Å². The van der Waals surface area contributed by atoms with Crippen molar-refractivity contribution < 1.29 is 9.53 Å². The van der Waals surface area contributed by atoms with Gasteiger partial charge < -0.3 is 10.1 Å². The third kappa shape index (κ3) is 3.05. The van der Waals surface area contributed by atoms with Crippen molar-refractivity contribution in [2.45, 2.75) is 19.9 Å². The normalized spacial score (nSPS) is 12.4. The summed E-state index contributed by atoms with van der Waals surface area (Å²) in [5.74, 6) is -0.128. The van der Waals surface area contributed by atoms with Gasteiger partial charge in [-0.2, -0.15) is 5.10 Å². The minimum atomic E-state index is -0.234. The van der Waals surface area contributed by atoms with Crippen molar-refractivity contribution in [1.82, 2.24) is 20.1 Å². The van der Waals surface area contributed by atoms with Crippen LogP contribution in [0, 0.1) is 13.8 Å². The average molecular weight is 294 g/mol. The number of methoxy groups -OCH3 is 1. The first-order chi connectivity index (χ1) is 9.52. The quantitative estimate of drug-likeness (QED) is 0.909. The van der Waals surface area contributed by atoms with Gasteiger partial charge in [-0.25, -0.2) is 4.98 Å². The fourth-order valence-electron chi connectivity index (χ4n) is 2.06. The number of carbonyl (C=O) groups is 1. The van der Waals surface area contributed by atoms with Gasteiger partial charge in [0, 0.05) is 20.4 Å². The molecule has 2 aromatic rings. The minimum Gasteiger partial charge on any atom is -0.382 e. The summed E-state index contributed by atoms with van der Waals surface area (Å²) >= 11 is 1.40. The number of amides is 1. The Morgan fingerprint density at radius 2 is 2.30 bits per heavy atom. The third-order valence-corrected chi connectivity index (χ3v) is 4.04. The van der Waals surface area contributed by atoms with Crippen LogP contribution in [-0.2, 0) is 11.8 Å². The molecule has 6 nitrogen and oxygen atoms in total. The highest BCUT2D eigenvalue weighted by Crippen LogP contribution is 2.19. The zero-order valence-corrected chi connectivity index (χ0v) is 12.8. The van der Waals surface area contributed by atoms with Crippen molar-refractivity contribution in [1.29, 1.82) is 0 Å². The fraction of sp³-hybridized carbons (Fsp3) is 0.462. The number of rotatable bonds is 5. The molecule has 108 valence electrons. The molecule has 1 N–H and O–H groups in total. The number of carbonyl (C=O) groups excluding carboxylic acids is 1. The van der Waals surface area contributed by atoms with Crippen molar-refractivity contribution >= 4 is 17.2 Å². The summed E-state index contributed by atoms with van der Waals surface area (Å²) in [6.07, 6.45) is 1.70. The van der Waals surface area contributed by atoms with E-state index in [-0.39, 0.29) is 11.9 Å². The van der Waals surface area contributed by atoms with Gasteiger partial charge in [0.25, 0.3) is 5.91 Å². The zero-order chi connectivity index (χ0) is 14.7. The first kappa shape index (κ1) is 14.7. The summed E-state index contributed by atoms with van der Waals surface area (Å²) in [6, 6.07) is 1.64. The van der Waals surface area contributed by atoms with Gasteiger partial charge in [-0.05, 0) is 19.9 Å². The summed E-state index contributed by atoms with van der Waals surface area (Å²) < 4.78 is 6.92. The van der Waals surface area contributed by atoms with Gasteiger partial charge in [-0.1, -0.05) is 0 Å². The van der Waals surface area contributed by atoms with Crippen LogP contribution in [0.4, 0.5) is 0 Å². The Kier molecular flexibility index (Phi) is 4.51. The molecule has 20 heavy (non-hydrogen) atoms. The molecule has 0 aliphatic carbocycles. The van der Waals surface area contributed by atoms with Gasteiger partial charge in [0.2, 0.25) is 0 Å². The summed E-state index contributed by atoms with van der Waals surface area (Å²) in [4.78, 5) is 17.3. The SMILES string of the molecule is COC[C@@H](NC(=O)c1sc(C)nc1C)c1ccnn1C. The maximum Gasteiger partial charge on any atom is 0.263 e. The predicted molar refractivity (Wildman–Crippen MR) is 76.9 cm³/mol. The fourth-order valence-corrected chi connectivity index (χ4v) is 2.88. The number of aryl methyl sites for hydroxylation is 3. The van der Waals surface area contributed by atoms with Gasteiger partial charge in [0.05, 0.1) is 29.0 Å². The number of nitrogens with zero attached hydrogens (tertiary/aromatic N) is 3. The molecule has 0 aromatic carbocycles. The Bertz CT molecular complexity index is 605. The molecule has 0 saturated heterocycles. The van der Waals surface area contributed by atoms with Crippen LogP contribution >= 0.6 is 11.3 Å². The second-order valence-corrected chi connectivity index (χ2v) is 5.71. The molecule has 0 bridgehead atoms. The van der Waals surface area contributed by atoms with Crippen molar-refractivity contribution in [3.8, 4) is 0 Å². The van der Waals surface area contributed by atoms with Crippen LogP contribution in [0.3, 0.4) is 0 Å². The number of ether oxygens (including phenoxy) is 1. The van der Waals surface area contributed by atoms with Crippen LogP contribution in [0.5, 0.6) is 0 Å². The summed E-state index contributed by atoms with van der Waals surface area (Å²) in [6.45, 7) is 4.12. The summed E-state index contributed by atoms with van der Waals surface area (Å²) in [5.41, 5.74) is 1.66.